The van der Waals surface area contributed by atoms with Crippen molar-refractivity contribution in [2.24, 2.45) is 0 Å². The molecule has 0 amide bonds. The summed E-state index contributed by atoms with van der Waals surface area (Å²) >= 11 is 0. The van der Waals surface area contributed by atoms with Gasteiger partial charge in [0.1, 0.15) is 11.5 Å². The first-order valence-electron chi connectivity index (χ1n) is 12.8. The molecule has 1 aliphatic carbocycles. The molecule has 5 nitrogen and oxygen atoms in total. The third-order valence-electron chi connectivity index (χ3n) is 6.36. The third kappa shape index (κ3) is 6.65. The van der Waals surface area contributed by atoms with Crippen molar-refractivity contribution < 1.29 is 23.9 Å². The SMILES string of the molecule is O=C1/C(=C/c2ccc(OC(=O)c3ccccc3)cc2)CCC/C1=C\c1ccc(OC(=O)c2ccccc2)cc1. The van der Waals surface area contributed by atoms with E-state index in [1.54, 1.807) is 72.8 Å². The van der Waals surface area contributed by atoms with Crippen LogP contribution in [0.3, 0.4) is 0 Å². The quantitative estimate of drug-likeness (QED) is 0.153. The molecule has 0 atom stereocenters. The standard InChI is InChI=1S/C34H26O5/c35-32-28(22-24-14-18-30(19-15-24)38-33(36)26-8-3-1-4-9-26)12-7-13-29(32)23-25-16-20-31(21-17-25)39-34(37)27-10-5-2-6-11-27/h1-6,8-11,14-23H,7,12-13H2/b28-22+,29-23+. The van der Waals surface area contributed by atoms with Crippen molar-refractivity contribution in [1.82, 2.24) is 0 Å². The van der Waals surface area contributed by atoms with Gasteiger partial charge in [0.25, 0.3) is 0 Å². The predicted octanol–water partition coefficient (Wildman–Crippen LogP) is 7.35. The Labute approximate surface area is 227 Å². The minimum Gasteiger partial charge on any atom is -0.423 e. The van der Waals surface area contributed by atoms with Gasteiger partial charge in [0.05, 0.1) is 11.1 Å². The van der Waals surface area contributed by atoms with Crippen LogP contribution in [0.4, 0.5) is 0 Å². The van der Waals surface area contributed by atoms with Gasteiger partial charge in [0.15, 0.2) is 5.78 Å². The molecule has 0 aromatic heterocycles. The molecule has 0 bridgehead atoms. The maximum absolute atomic E-state index is 13.2. The number of carbonyl (C=O) groups is 3. The lowest BCUT2D eigenvalue weighted by molar-refractivity contribution is -0.112. The molecule has 1 fully saturated rings. The molecule has 4 aromatic rings. The van der Waals surface area contributed by atoms with Crippen molar-refractivity contribution in [3.05, 3.63) is 143 Å². The van der Waals surface area contributed by atoms with E-state index < -0.39 is 11.9 Å². The molecule has 0 spiro atoms. The Hall–Kier alpha value is -5.03. The summed E-state index contributed by atoms with van der Waals surface area (Å²) in [6.07, 6.45) is 6.07. The molecule has 0 N–H and O–H groups in total. The summed E-state index contributed by atoms with van der Waals surface area (Å²) in [6, 6.07) is 31.9. The second-order valence-electron chi connectivity index (χ2n) is 9.17. The molecule has 0 unspecified atom stereocenters. The zero-order valence-electron chi connectivity index (χ0n) is 21.2. The van der Waals surface area contributed by atoms with Crippen molar-refractivity contribution in [2.75, 3.05) is 0 Å². The van der Waals surface area contributed by atoms with Crippen molar-refractivity contribution in [3.63, 3.8) is 0 Å². The fourth-order valence-corrected chi connectivity index (χ4v) is 4.32. The van der Waals surface area contributed by atoms with Gasteiger partial charge in [-0.3, -0.25) is 4.79 Å². The van der Waals surface area contributed by atoms with E-state index in [0.717, 1.165) is 28.7 Å². The van der Waals surface area contributed by atoms with Crippen LogP contribution in [0.2, 0.25) is 0 Å². The second kappa shape index (κ2) is 12.0. The molecule has 5 heteroatoms. The topological polar surface area (TPSA) is 69.7 Å². The molecule has 5 rings (SSSR count). The molecule has 0 radical (unpaired) electrons. The van der Waals surface area contributed by atoms with E-state index in [9.17, 15) is 14.4 Å². The van der Waals surface area contributed by atoms with E-state index in [1.807, 2.05) is 48.6 Å². The monoisotopic (exact) mass is 514 g/mol. The Bertz CT molecular complexity index is 1410. The van der Waals surface area contributed by atoms with Crippen molar-refractivity contribution in [2.45, 2.75) is 19.3 Å². The van der Waals surface area contributed by atoms with Crippen LogP contribution in [0, 0.1) is 0 Å². The van der Waals surface area contributed by atoms with Crippen LogP contribution in [0.15, 0.2) is 120 Å². The molecule has 0 aliphatic heterocycles. The van der Waals surface area contributed by atoms with E-state index in [0.29, 0.717) is 35.5 Å². The molecule has 1 saturated carbocycles. The first kappa shape index (κ1) is 25.6. The molecule has 39 heavy (non-hydrogen) atoms. The summed E-state index contributed by atoms with van der Waals surface area (Å²) in [5.41, 5.74) is 4.19. The summed E-state index contributed by atoms with van der Waals surface area (Å²) in [4.78, 5) is 37.7. The zero-order valence-corrected chi connectivity index (χ0v) is 21.2. The molecule has 192 valence electrons. The van der Waals surface area contributed by atoms with E-state index >= 15 is 0 Å². The molecule has 4 aromatic carbocycles. The van der Waals surface area contributed by atoms with E-state index in [1.165, 1.54) is 0 Å². The number of rotatable bonds is 6. The van der Waals surface area contributed by atoms with E-state index in [4.69, 9.17) is 9.47 Å². The summed E-state index contributed by atoms with van der Waals surface area (Å²) in [7, 11) is 0. The van der Waals surface area contributed by atoms with Gasteiger partial charge in [0.2, 0.25) is 0 Å². The van der Waals surface area contributed by atoms with E-state index in [2.05, 4.69) is 0 Å². The first-order valence-corrected chi connectivity index (χ1v) is 12.8. The van der Waals surface area contributed by atoms with Crippen molar-refractivity contribution in [3.8, 4) is 11.5 Å². The smallest absolute Gasteiger partial charge is 0.343 e. The Morgan fingerprint density at radius 1 is 0.538 bits per heavy atom. The van der Waals surface area contributed by atoms with Gasteiger partial charge in [-0.2, -0.15) is 0 Å². The van der Waals surface area contributed by atoms with Gasteiger partial charge >= 0.3 is 11.9 Å². The summed E-state index contributed by atoms with van der Waals surface area (Å²) in [6.45, 7) is 0. The first-order chi connectivity index (χ1) is 19.0. The normalized spacial score (nSPS) is 15.2. The van der Waals surface area contributed by atoms with Gasteiger partial charge in [0, 0.05) is 11.1 Å². The van der Waals surface area contributed by atoms with Crippen LogP contribution in [-0.4, -0.2) is 17.7 Å². The second-order valence-corrected chi connectivity index (χ2v) is 9.17. The highest BCUT2D eigenvalue weighted by Crippen LogP contribution is 2.29. The maximum atomic E-state index is 13.2. The summed E-state index contributed by atoms with van der Waals surface area (Å²) in [5.74, 6) is 0.0852. The Balaban J connectivity index is 1.23. The molecular formula is C34H26O5. The molecule has 1 aliphatic rings. The van der Waals surface area contributed by atoms with Gasteiger partial charge in [-0.05, 0) is 91.1 Å². The minimum atomic E-state index is -0.415. The van der Waals surface area contributed by atoms with Crippen LogP contribution in [-0.2, 0) is 4.79 Å². The predicted molar refractivity (Wildman–Crippen MR) is 150 cm³/mol. The molecule has 0 heterocycles. The summed E-state index contributed by atoms with van der Waals surface area (Å²) in [5, 5.41) is 0. The van der Waals surface area contributed by atoms with Crippen LogP contribution in [0.5, 0.6) is 11.5 Å². The van der Waals surface area contributed by atoms with Crippen LogP contribution in [0.25, 0.3) is 12.2 Å². The fraction of sp³-hybridized carbons (Fsp3) is 0.0882. The third-order valence-corrected chi connectivity index (χ3v) is 6.36. The number of carbonyl (C=O) groups excluding carboxylic acids is 3. The lowest BCUT2D eigenvalue weighted by atomic mass is 9.87. The van der Waals surface area contributed by atoms with Crippen LogP contribution < -0.4 is 9.47 Å². The van der Waals surface area contributed by atoms with Crippen LogP contribution >= 0.6 is 0 Å². The zero-order chi connectivity index (χ0) is 27.0. The van der Waals surface area contributed by atoms with Crippen LogP contribution in [0.1, 0.15) is 51.1 Å². The number of ether oxygens (including phenoxy) is 2. The Morgan fingerprint density at radius 3 is 1.31 bits per heavy atom. The average molecular weight is 515 g/mol. The highest BCUT2D eigenvalue weighted by molar-refractivity contribution is 6.14. The number of ketones is 1. The highest BCUT2D eigenvalue weighted by Gasteiger charge is 2.20. The minimum absolute atomic E-state index is 0.0282. The van der Waals surface area contributed by atoms with Gasteiger partial charge in [-0.1, -0.05) is 60.7 Å². The molecule has 0 saturated heterocycles. The van der Waals surface area contributed by atoms with E-state index in [-0.39, 0.29) is 5.78 Å². The number of esters is 2. The number of hydrogen-bond acceptors (Lipinski definition) is 5. The van der Waals surface area contributed by atoms with Gasteiger partial charge < -0.3 is 9.47 Å². The van der Waals surface area contributed by atoms with Crippen molar-refractivity contribution >= 4 is 29.9 Å². The highest BCUT2D eigenvalue weighted by atomic mass is 16.5. The molecular weight excluding hydrogens is 488 g/mol. The number of allylic oxidation sites excluding steroid dienone is 2. The maximum Gasteiger partial charge on any atom is 0.343 e. The van der Waals surface area contributed by atoms with Gasteiger partial charge in [-0.25, -0.2) is 9.59 Å². The largest absolute Gasteiger partial charge is 0.423 e. The Kier molecular flexibility index (Phi) is 7.89. The van der Waals surface area contributed by atoms with Crippen molar-refractivity contribution in [1.29, 1.82) is 0 Å². The average Bonchev–Trinajstić information content (AvgIpc) is 2.98. The lowest BCUT2D eigenvalue weighted by Gasteiger charge is -2.16. The number of benzene rings is 4. The fourth-order valence-electron chi connectivity index (χ4n) is 4.32. The number of hydrogen-bond donors (Lipinski definition) is 0. The number of Topliss-reactive ketones (excluding diaryl/α,β-unsaturated/α-hetero) is 1. The summed E-state index contributed by atoms with van der Waals surface area (Å²) < 4.78 is 10.9. The van der Waals surface area contributed by atoms with Gasteiger partial charge in [-0.15, -0.1) is 0 Å². The Morgan fingerprint density at radius 2 is 0.923 bits per heavy atom. The lowest BCUT2D eigenvalue weighted by Crippen LogP contribution is -2.12.